The first-order valence-corrected chi connectivity index (χ1v) is 4.24. The van der Waals surface area contributed by atoms with Crippen LogP contribution in [0.1, 0.15) is 11.8 Å². The topological polar surface area (TPSA) is 59.3 Å². The summed E-state index contributed by atoms with van der Waals surface area (Å²) in [6, 6.07) is 7.46. The fourth-order valence-corrected chi connectivity index (χ4v) is 1.32. The number of nitrogens with two attached hydrogens (primary N) is 1. The van der Waals surface area contributed by atoms with Crippen LogP contribution in [-0.4, -0.2) is 5.17 Å². The number of hydrogen-bond donors (Lipinski definition) is 3. The molecule has 1 unspecified atom stereocenters. The molecule has 0 radical (unpaired) electrons. The van der Waals surface area contributed by atoms with Gasteiger partial charge in [-0.1, -0.05) is 12.1 Å². The van der Waals surface area contributed by atoms with Crippen LogP contribution in [0.25, 0.3) is 0 Å². The van der Waals surface area contributed by atoms with Crippen LogP contribution in [0.3, 0.4) is 0 Å². The van der Waals surface area contributed by atoms with Gasteiger partial charge in [0.25, 0.3) is 5.17 Å². The third-order valence-electron chi connectivity index (χ3n) is 1.74. The molecule has 0 aliphatic carbocycles. The van der Waals surface area contributed by atoms with Crippen LogP contribution < -0.4 is 16.6 Å². The minimum Gasteiger partial charge on any atom is -0.445 e. The number of nitrogens with one attached hydrogen (secondary N) is 2. The molecule has 0 bridgehead atoms. The second kappa shape index (κ2) is 3.20. The molecule has 68 valence electrons. The second-order valence-corrected chi connectivity index (χ2v) is 3.10. The predicted octanol–water partition coefficient (Wildman–Crippen LogP) is 0.677. The monoisotopic (exact) mass is 195 g/mol. The summed E-state index contributed by atoms with van der Waals surface area (Å²) in [6.45, 7) is 0. The lowest BCUT2D eigenvalue weighted by Crippen LogP contribution is -2.26. The zero-order valence-electron chi connectivity index (χ0n) is 6.78. The van der Waals surface area contributed by atoms with E-state index < -0.39 is 0 Å². The standard InChI is InChI=1S/C8H9N3OS/c9-6-3-1-2-5(4-6)7-10-11-8(13)12-7/h1-4,7,10H,9H2,(H,11,13). The summed E-state index contributed by atoms with van der Waals surface area (Å²) in [7, 11) is 0. The Morgan fingerprint density at radius 1 is 1.46 bits per heavy atom. The maximum atomic E-state index is 5.62. The van der Waals surface area contributed by atoms with Gasteiger partial charge in [0.1, 0.15) is 0 Å². The van der Waals surface area contributed by atoms with Crippen molar-refractivity contribution in [1.29, 1.82) is 0 Å². The largest absolute Gasteiger partial charge is 0.445 e. The van der Waals surface area contributed by atoms with Gasteiger partial charge in [-0.15, -0.1) is 0 Å². The van der Waals surface area contributed by atoms with Gasteiger partial charge in [-0.05, 0) is 24.4 Å². The highest BCUT2D eigenvalue weighted by atomic mass is 32.1. The van der Waals surface area contributed by atoms with Crippen molar-refractivity contribution >= 4 is 23.1 Å². The van der Waals surface area contributed by atoms with Gasteiger partial charge in [0.15, 0.2) is 6.23 Å². The van der Waals surface area contributed by atoms with Gasteiger partial charge in [-0.25, -0.2) is 0 Å². The van der Waals surface area contributed by atoms with E-state index in [2.05, 4.69) is 10.9 Å². The van der Waals surface area contributed by atoms with Crippen molar-refractivity contribution < 1.29 is 4.74 Å². The Kier molecular flexibility index (Phi) is 2.03. The molecule has 1 fully saturated rings. The minimum absolute atomic E-state index is 0.240. The average Bonchev–Trinajstić information content (AvgIpc) is 2.52. The second-order valence-electron chi connectivity index (χ2n) is 2.72. The number of thiocarbonyl (C=S) groups is 1. The van der Waals surface area contributed by atoms with Crippen molar-refractivity contribution in [3.8, 4) is 0 Å². The van der Waals surface area contributed by atoms with Gasteiger partial charge in [0.05, 0.1) is 0 Å². The number of ether oxygens (including phenoxy) is 1. The summed E-state index contributed by atoms with van der Waals surface area (Å²) in [6.07, 6.45) is -0.240. The van der Waals surface area contributed by atoms with E-state index in [-0.39, 0.29) is 6.23 Å². The molecular weight excluding hydrogens is 186 g/mol. The van der Waals surface area contributed by atoms with Gasteiger partial charge in [-0.3, -0.25) is 5.43 Å². The summed E-state index contributed by atoms with van der Waals surface area (Å²) < 4.78 is 5.26. The van der Waals surface area contributed by atoms with E-state index in [0.29, 0.717) is 10.9 Å². The Bertz CT molecular complexity index is 342. The van der Waals surface area contributed by atoms with Gasteiger partial charge >= 0.3 is 0 Å². The molecule has 0 aromatic heterocycles. The third kappa shape index (κ3) is 1.71. The van der Waals surface area contributed by atoms with Crippen molar-refractivity contribution in [1.82, 2.24) is 10.9 Å². The molecule has 1 aromatic rings. The Hall–Kier alpha value is -1.33. The lowest BCUT2D eigenvalue weighted by atomic mass is 10.2. The van der Waals surface area contributed by atoms with Crippen LogP contribution in [0.2, 0.25) is 0 Å². The maximum Gasteiger partial charge on any atom is 0.273 e. The first kappa shape index (κ1) is 8.28. The van der Waals surface area contributed by atoms with E-state index in [0.717, 1.165) is 5.56 Å². The molecule has 1 atom stereocenters. The number of nitrogen functional groups attached to an aromatic ring is 1. The zero-order valence-corrected chi connectivity index (χ0v) is 7.60. The van der Waals surface area contributed by atoms with Crippen LogP contribution in [0.4, 0.5) is 5.69 Å². The lowest BCUT2D eigenvalue weighted by Gasteiger charge is -2.08. The molecule has 1 aromatic carbocycles. The first-order chi connectivity index (χ1) is 6.25. The molecule has 1 saturated heterocycles. The molecule has 1 aliphatic rings. The van der Waals surface area contributed by atoms with Crippen molar-refractivity contribution in [3.05, 3.63) is 29.8 Å². The summed E-state index contributed by atoms with van der Waals surface area (Å²) in [4.78, 5) is 0. The van der Waals surface area contributed by atoms with Gasteiger partial charge < -0.3 is 10.5 Å². The molecule has 0 saturated carbocycles. The zero-order chi connectivity index (χ0) is 9.26. The SMILES string of the molecule is Nc1cccc(C2NNC(=S)O2)c1. The molecule has 0 amide bonds. The number of hydrazine groups is 1. The van der Waals surface area contributed by atoms with Crippen LogP contribution in [0.5, 0.6) is 0 Å². The minimum atomic E-state index is -0.240. The van der Waals surface area contributed by atoms with E-state index in [1.807, 2.05) is 24.3 Å². The Morgan fingerprint density at radius 3 is 2.92 bits per heavy atom. The molecule has 5 heteroatoms. The highest BCUT2D eigenvalue weighted by molar-refractivity contribution is 7.80. The lowest BCUT2D eigenvalue weighted by molar-refractivity contribution is 0.203. The number of benzene rings is 1. The van der Waals surface area contributed by atoms with Crippen molar-refractivity contribution in [2.45, 2.75) is 6.23 Å². The molecule has 4 nitrogen and oxygen atoms in total. The van der Waals surface area contributed by atoms with Crippen molar-refractivity contribution in [2.24, 2.45) is 0 Å². The Balaban J connectivity index is 2.21. The van der Waals surface area contributed by atoms with E-state index in [1.54, 1.807) is 0 Å². The Morgan fingerprint density at radius 2 is 2.31 bits per heavy atom. The Labute approximate surface area is 81.0 Å². The summed E-state index contributed by atoms with van der Waals surface area (Å²) in [5.41, 5.74) is 12.9. The third-order valence-corrected chi connectivity index (χ3v) is 1.94. The molecular formula is C8H9N3OS. The van der Waals surface area contributed by atoms with Gasteiger partial charge in [0, 0.05) is 11.3 Å². The molecule has 4 N–H and O–H groups in total. The van der Waals surface area contributed by atoms with Crippen molar-refractivity contribution in [2.75, 3.05) is 5.73 Å². The van der Waals surface area contributed by atoms with Crippen LogP contribution in [0.15, 0.2) is 24.3 Å². The predicted molar refractivity (Wildman–Crippen MR) is 53.5 cm³/mol. The maximum absolute atomic E-state index is 5.62. The summed E-state index contributed by atoms with van der Waals surface area (Å²) in [5, 5.41) is 0.354. The smallest absolute Gasteiger partial charge is 0.273 e. The number of hydrogen-bond acceptors (Lipinski definition) is 4. The van der Waals surface area contributed by atoms with Crippen LogP contribution in [0, 0.1) is 0 Å². The average molecular weight is 195 g/mol. The first-order valence-electron chi connectivity index (χ1n) is 3.83. The molecule has 1 heterocycles. The fourth-order valence-electron chi connectivity index (χ4n) is 1.16. The summed E-state index contributed by atoms with van der Waals surface area (Å²) in [5.74, 6) is 0. The van der Waals surface area contributed by atoms with Crippen LogP contribution >= 0.6 is 12.2 Å². The van der Waals surface area contributed by atoms with E-state index >= 15 is 0 Å². The quantitative estimate of drug-likeness (QED) is 0.454. The molecule has 2 rings (SSSR count). The van der Waals surface area contributed by atoms with E-state index in [1.165, 1.54) is 0 Å². The molecule has 13 heavy (non-hydrogen) atoms. The van der Waals surface area contributed by atoms with Crippen molar-refractivity contribution in [3.63, 3.8) is 0 Å². The normalized spacial score (nSPS) is 20.9. The van der Waals surface area contributed by atoms with E-state index in [4.69, 9.17) is 22.7 Å². The van der Waals surface area contributed by atoms with Gasteiger partial charge in [-0.2, -0.15) is 5.43 Å². The van der Waals surface area contributed by atoms with E-state index in [9.17, 15) is 0 Å². The highest BCUT2D eigenvalue weighted by Gasteiger charge is 2.20. The molecule has 1 aliphatic heterocycles. The number of anilines is 1. The number of rotatable bonds is 1. The highest BCUT2D eigenvalue weighted by Crippen LogP contribution is 2.18. The summed E-state index contributed by atoms with van der Waals surface area (Å²) >= 11 is 4.80. The van der Waals surface area contributed by atoms with Gasteiger partial charge in [0.2, 0.25) is 0 Å². The van der Waals surface area contributed by atoms with Crippen LogP contribution in [-0.2, 0) is 4.74 Å². The fraction of sp³-hybridized carbons (Fsp3) is 0.125. The molecule has 0 spiro atoms.